The van der Waals surface area contributed by atoms with Gasteiger partial charge in [-0.1, -0.05) is 0 Å². The zero-order valence-corrected chi connectivity index (χ0v) is 11.2. The molecule has 0 saturated carbocycles. The van der Waals surface area contributed by atoms with Crippen molar-refractivity contribution in [2.45, 2.75) is 20.4 Å². The first-order valence-electron chi connectivity index (χ1n) is 6.31. The molecular weight excluding hydrogens is 241 g/mol. The van der Waals surface area contributed by atoms with Gasteiger partial charge in [-0.25, -0.2) is 4.39 Å². The normalized spacial score (nSPS) is 10.5. The maximum Gasteiger partial charge on any atom is 0.128 e. The molecule has 100 valence electrons. The fraction of sp³-hybridized carbons (Fsp3) is 0.267. The van der Waals surface area contributed by atoms with Crippen molar-refractivity contribution >= 4 is 11.4 Å². The Morgan fingerprint density at radius 2 is 1.95 bits per heavy atom. The molecule has 0 bridgehead atoms. The van der Waals surface area contributed by atoms with Gasteiger partial charge in [0, 0.05) is 25.5 Å². The highest BCUT2D eigenvalue weighted by Gasteiger charge is 2.11. The zero-order valence-electron chi connectivity index (χ0n) is 11.2. The first-order chi connectivity index (χ1) is 9.11. The molecule has 0 radical (unpaired) electrons. The minimum Gasteiger partial charge on any atom is -0.397 e. The van der Waals surface area contributed by atoms with Crippen LogP contribution < -0.4 is 10.6 Å². The van der Waals surface area contributed by atoms with Gasteiger partial charge in [0.15, 0.2) is 0 Å². The van der Waals surface area contributed by atoms with E-state index in [4.69, 9.17) is 5.73 Å². The van der Waals surface area contributed by atoms with E-state index in [1.165, 1.54) is 6.07 Å². The molecule has 2 aromatic rings. The van der Waals surface area contributed by atoms with Crippen LogP contribution in [0.4, 0.5) is 15.8 Å². The smallest absolute Gasteiger partial charge is 0.128 e. The van der Waals surface area contributed by atoms with Crippen LogP contribution >= 0.6 is 0 Å². The van der Waals surface area contributed by atoms with E-state index in [1.807, 2.05) is 12.1 Å². The minimum atomic E-state index is -0.263. The minimum absolute atomic E-state index is 0.263. The summed E-state index contributed by atoms with van der Waals surface area (Å²) in [5, 5.41) is 0. The van der Waals surface area contributed by atoms with Gasteiger partial charge in [0.2, 0.25) is 0 Å². The number of nitrogen functional groups attached to an aromatic ring is 1. The van der Waals surface area contributed by atoms with Gasteiger partial charge < -0.3 is 10.6 Å². The molecule has 1 aromatic heterocycles. The number of hydrogen-bond donors (Lipinski definition) is 1. The van der Waals surface area contributed by atoms with Crippen molar-refractivity contribution in [3.8, 4) is 0 Å². The number of nitrogens with zero attached hydrogens (tertiary/aromatic N) is 2. The number of aryl methyl sites for hydroxylation is 1. The Hall–Kier alpha value is -2.10. The molecule has 3 nitrogen and oxygen atoms in total. The first-order valence-corrected chi connectivity index (χ1v) is 6.31. The Morgan fingerprint density at radius 1 is 1.26 bits per heavy atom. The second kappa shape index (κ2) is 5.69. The molecule has 1 aromatic carbocycles. The molecule has 0 unspecified atom stereocenters. The molecule has 0 saturated heterocycles. The highest BCUT2D eigenvalue weighted by molar-refractivity contribution is 5.68. The molecule has 4 heteroatoms. The number of rotatable bonds is 4. The van der Waals surface area contributed by atoms with Crippen molar-refractivity contribution in [3.05, 3.63) is 53.6 Å². The molecule has 0 atom stereocenters. The third-order valence-electron chi connectivity index (χ3n) is 3.15. The average molecular weight is 259 g/mol. The summed E-state index contributed by atoms with van der Waals surface area (Å²) in [4.78, 5) is 6.12. The highest BCUT2D eigenvalue weighted by Crippen LogP contribution is 2.27. The van der Waals surface area contributed by atoms with E-state index in [0.717, 1.165) is 24.3 Å². The summed E-state index contributed by atoms with van der Waals surface area (Å²) in [6.45, 7) is 5.34. The number of aromatic nitrogens is 1. The van der Waals surface area contributed by atoms with Crippen LogP contribution in [0.25, 0.3) is 0 Å². The van der Waals surface area contributed by atoms with Crippen LogP contribution in [-0.4, -0.2) is 11.5 Å². The average Bonchev–Trinajstić information content (AvgIpc) is 2.42. The molecule has 0 fully saturated rings. The second-order valence-electron chi connectivity index (χ2n) is 4.53. The molecular formula is C15H18FN3. The summed E-state index contributed by atoms with van der Waals surface area (Å²) in [7, 11) is 0. The van der Waals surface area contributed by atoms with Crippen LogP contribution in [0.15, 0.2) is 36.7 Å². The Labute approximate surface area is 112 Å². The summed E-state index contributed by atoms with van der Waals surface area (Å²) >= 11 is 0. The predicted molar refractivity (Wildman–Crippen MR) is 76.5 cm³/mol. The number of hydrogen-bond acceptors (Lipinski definition) is 3. The first kappa shape index (κ1) is 13.3. The quantitative estimate of drug-likeness (QED) is 0.858. The molecule has 19 heavy (non-hydrogen) atoms. The fourth-order valence-corrected chi connectivity index (χ4v) is 2.03. The lowest BCUT2D eigenvalue weighted by Gasteiger charge is -2.25. The van der Waals surface area contributed by atoms with Crippen LogP contribution in [0, 0.1) is 12.7 Å². The van der Waals surface area contributed by atoms with Gasteiger partial charge in [0.05, 0.1) is 11.4 Å². The van der Waals surface area contributed by atoms with Crippen molar-refractivity contribution in [1.82, 2.24) is 4.98 Å². The summed E-state index contributed by atoms with van der Waals surface area (Å²) in [5.74, 6) is -0.263. The lowest BCUT2D eigenvalue weighted by molar-refractivity contribution is 0.619. The Kier molecular flexibility index (Phi) is 4.00. The predicted octanol–water partition coefficient (Wildman–Crippen LogP) is 3.14. The highest BCUT2D eigenvalue weighted by atomic mass is 19.1. The number of halogens is 1. The molecule has 0 amide bonds. The van der Waals surface area contributed by atoms with E-state index in [9.17, 15) is 4.39 Å². The molecule has 0 aliphatic carbocycles. The van der Waals surface area contributed by atoms with Crippen LogP contribution in [0.2, 0.25) is 0 Å². The van der Waals surface area contributed by atoms with Crippen molar-refractivity contribution in [2.75, 3.05) is 17.2 Å². The third-order valence-corrected chi connectivity index (χ3v) is 3.15. The van der Waals surface area contributed by atoms with Gasteiger partial charge in [0.25, 0.3) is 0 Å². The summed E-state index contributed by atoms with van der Waals surface area (Å²) < 4.78 is 13.4. The maximum absolute atomic E-state index is 13.4. The molecule has 1 heterocycles. The van der Waals surface area contributed by atoms with Gasteiger partial charge in [-0.2, -0.15) is 0 Å². The van der Waals surface area contributed by atoms with Gasteiger partial charge in [-0.05, 0) is 49.2 Å². The number of anilines is 2. The summed E-state index contributed by atoms with van der Waals surface area (Å²) in [5.41, 5.74) is 9.03. The maximum atomic E-state index is 13.4. The summed E-state index contributed by atoms with van der Waals surface area (Å²) in [6.07, 6.45) is 3.53. The zero-order chi connectivity index (χ0) is 13.8. The van der Waals surface area contributed by atoms with E-state index < -0.39 is 0 Å². The van der Waals surface area contributed by atoms with Gasteiger partial charge in [0.1, 0.15) is 5.82 Å². The van der Waals surface area contributed by atoms with Crippen molar-refractivity contribution in [1.29, 1.82) is 0 Å². The Balaban J connectivity index is 2.30. The van der Waals surface area contributed by atoms with Crippen molar-refractivity contribution in [2.24, 2.45) is 0 Å². The standard InChI is InChI=1S/C15H18FN3/c1-3-19(10-12-4-6-18-7-5-12)15-8-11(2)13(16)9-14(15)17/h4-9H,3,10,17H2,1-2H3. The molecule has 0 spiro atoms. The van der Waals surface area contributed by atoms with Crippen LogP contribution in [0.1, 0.15) is 18.1 Å². The van der Waals surface area contributed by atoms with Crippen LogP contribution in [-0.2, 0) is 6.54 Å². The van der Waals surface area contributed by atoms with E-state index in [1.54, 1.807) is 25.4 Å². The second-order valence-corrected chi connectivity index (χ2v) is 4.53. The molecule has 2 rings (SSSR count). The van der Waals surface area contributed by atoms with Crippen molar-refractivity contribution < 1.29 is 4.39 Å². The molecule has 0 aliphatic heterocycles. The van der Waals surface area contributed by atoms with E-state index in [-0.39, 0.29) is 5.82 Å². The Morgan fingerprint density at radius 3 is 2.58 bits per heavy atom. The summed E-state index contributed by atoms with van der Waals surface area (Å²) in [6, 6.07) is 7.12. The van der Waals surface area contributed by atoms with Gasteiger partial charge in [-0.3, -0.25) is 4.98 Å². The lowest BCUT2D eigenvalue weighted by atomic mass is 10.1. The van der Waals surface area contributed by atoms with E-state index in [0.29, 0.717) is 11.3 Å². The largest absolute Gasteiger partial charge is 0.397 e. The van der Waals surface area contributed by atoms with E-state index in [2.05, 4.69) is 16.8 Å². The van der Waals surface area contributed by atoms with E-state index >= 15 is 0 Å². The number of nitrogens with two attached hydrogens (primary N) is 1. The van der Waals surface area contributed by atoms with Crippen LogP contribution in [0.3, 0.4) is 0 Å². The van der Waals surface area contributed by atoms with Gasteiger partial charge >= 0.3 is 0 Å². The fourth-order valence-electron chi connectivity index (χ4n) is 2.03. The number of pyridine rings is 1. The molecule has 2 N–H and O–H groups in total. The SMILES string of the molecule is CCN(Cc1ccncc1)c1cc(C)c(F)cc1N. The van der Waals surface area contributed by atoms with Crippen LogP contribution in [0.5, 0.6) is 0 Å². The monoisotopic (exact) mass is 259 g/mol. The lowest BCUT2D eigenvalue weighted by Crippen LogP contribution is -2.23. The van der Waals surface area contributed by atoms with Crippen molar-refractivity contribution in [3.63, 3.8) is 0 Å². The topological polar surface area (TPSA) is 42.2 Å². The third kappa shape index (κ3) is 3.02. The molecule has 0 aliphatic rings. The van der Waals surface area contributed by atoms with Gasteiger partial charge in [-0.15, -0.1) is 0 Å². The number of benzene rings is 1. The Bertz CT molecular complexity index is 555.